The second-order valence-corrected chi connectivity index (χ2v) is 3.34. The first kappa shape index (κ1) is 12.4. The topological polar surface area (TPSA) is 49.8 Å². The van der Waals surface area contributed by atoms with E-state index in [-0.39, 0.29) is 12.0 Å². The van der Waals surface area contributed by atoms with Gasteiger partial charge in [-0.3, -0.25) is 4.79 Å². The molecule has 0 bridgehead atoms. The van der Waals surface area contributed by atoms with Gasteiger partial charge in [0.25, 0.3) is 0 Å². The SMILES string of the molecule is COCCN(C)C(C)C(C)C(=O)O. The van der Waals surface area contributed by atoms with E-state index in [2.05, 4.69) is 0 Å². The maximum atomic E-state index is 10.7. The van der Waals surface area contributed by atoms with E-state index in [1.54, 1.807) is 14.0 Å². The average Bonchev–Trinajstić information content (AvgIpc) is 2.11. The molecule has 2 atom stereocenters. The minimum absolute atomic E-state index is 0.0349. The van der Waals surface area contributed by atoms with Gasteiger partial charge in [0.1, 0.15) is 0 Å². The first-order chi connectivity index (χ1) is 6.00. The second-order valence-electron chi connectivity index (χ2n) is 3.34. The number of rotatable bonds is 6. The Labute approximate surface area is 79.5 Å². The summed E-state index contributed by atoms with van der Waals surface area (Å²) in [5.41, 5.74) is 0. The van der Waals surface area contributed by atoms with Crippen LogP contribution in [0.2, 0.25) is 0 Å². The second kappa shape index (κ2) is 5.94. The van der Waals surface area contributed by atoms with Gasteiger partial charge in [-0.05, 0) is 14.0 Å². The standard InChI is InChI=1S/C9H19NO3/c1-7(9(11)12)8(2)10(3)5-6-13-4/h7-8H,5-6H2,1-4H3,(H,11,12). The van der Waals surface area contributed by atoms with Gasteiger partial charge in [-0.1, -0.05) is 6.92 Å². The molecule has 0 aliphatic heterocycles. The molecule has 0 fully saturated rings. The molecule has 0 aromatic carbocycles. The van der Waals surface area contributed by atoms with Gasteiger partial charge >= 0.3 is 5.97 Å². The summed E-state index contributed by atoms with van der Waals surface area (Å²) in [6.45, 7) is 5.02. The van der Waals surface area contributed by atoms with Gasteiger partial charge < -0.3 is 14.7 Å². The number of carbonyl (C=O) groups is 1. The van der Waals surface area contributed by atoms with Crippen molar-refractivity contribution in [3.05, 3.63) is 0 Å². The van der Waals surface area contributed by atoms with Crippen LogP contribution in [-0.2, 0) is 9.53 Å². The van der Waals surface area contributed by atoms with Crippen molar-refractivity contribution in [1.29, 1.82) is 0 Å². The summed E-state index contributed by atoms with van der Waals surface area (Å²) in [5, 5.41) is 8.77. The molecule has 13 heavy (non-hydrogen) atoms. The third kappa shape index (κ3) is 4.24. The number of carboxylic acids is 1. The summed E-state index contributed by atoms with van der Waals surface area (Å²) < 4.78 is 4.91. The fourth-order valence-electron chi connectivity index (χ4n) is 1.03. The number of methoxy groups -OCH3 is 1. The van der Waals surface area contributed by atoms with Gasteiger partial charge in [0, 0.05) is 19.7 Å². The number of hydrogen-bond donors (Lipinski definition) is 1. The molecule has 0 heterocycles. The lowest BCUT2D eigenvalue weighted by Gasteiger charge is -2.27. The van der Waals surface area contributed by atoms with Crippen LogP contribution in [0.5, 0.6) is 0 Å². The Morgan fingerprint density at radius 3 is 2.46 bits per heavy atom. The highest BCUT2D eigenvalue weighted by molar-refractivity contribution is 5.70. The first-order valence-corrected chi connectivity index (χ1v) is 4.42. The molecule has 0 spiro atoms. The van der Waals surface area contributed by atoms with Crippen LogP contribution in [0, 0.1) is 5.92 Å². The van der Waals surface area contributed by atoms with Gasteiger partial charge in [-0.25, -0.2) is 0 Å². The van der Waals surface area contributed by atoms with Crippen molar-refractivity contribution < 1.29 is 14.6 Å². The monoisotopic (exact) mass is 189 g/mol. The lowest BCUT2D eigenvalue weighted by molar-refractivity contribution is -0.143. The molecule has 0 aromatic heterocycles. The Hall–Kier alpha value is -0.610. The van der Waals surface area contributed by atoms with E-state index in [0.29, 0.717) is 6.61 Å². The molecule has 0 aromatic rings. The molecule has 0 amide bonds. The molecular formula is C9H19NO3. The quantitative estimate of drug-likeness (QED) is 0.667. The molecule has 4 nitrogen and oxygen atoms in total. The van der Waals surface area contributed by atoms with Crippen LogP contribution in [0.15, 0.2) is 0 Å². The summed E-state index contributed by atoms with van der Waals surface area (Å²) in [6, 6.07) is 0.0349. The molecule has 0 saturated heterocycles. The minimum Gasteiger partial charge on any atom is -0.481 e. The van der Waals surface area contributed by atoms with E-state index in [0.717, 1.165) is 6.54 Å². The fourth-order valence-corrected chi connectivity index (χ4v) is 1.03. The van der Waals surface area contributed by atoms with E-state index >= 15 is 0 Å². The van der Waals surface area contributed by atoms with Crippen LogP contribution < -0.4 is 0 Å². The first-order valence-electron chi connectivity index (χ1n) is 4.42. The lowest BCUT2D eigenvalue weighted by Crippen LogP contribution is -2.39. The van der Waals surface area contributed by atoms with Crippen LogP contribution >= 0.6 is 0 Å². The van der Waals surface area contributed by atoms with Gasteiger partial charge in [0.2, 0.25) is 0 Å². The largest absolute Gasteiger partial charge is 0.481 e. The van der Waals surface area contributed by atoms with Crippen LogP contribution in [0.3, 0.4) is 0 Å². The zero-order valence-electron chi connectivity index (χ0n) is 8.78. The predicted octanol–water partition coefficient (Wildman–Crippen LogP) is 0.674. The predicted molar refractivity (Wildman–Crippen MR) is 50.8 cm³/mol. The van der Waals surface area contributed by atoms with Crippen molar-refractivity contribution in [2.75, 3.05) is 27.3 Å². The van der Waals surface area contributed by atoms with Crippen molar-refractivity contribution in [3.63, 3.8) is 0 Å². The summed E-state index contributed by atoms with van der Waals surface area (Å²) in [6.07, 6.45) is 0. The van der Waals surface area contributed by atoms with Gasteiger partial charge in [-0.2, -0.15) is 0 Å². The molecular weight excluding hydrogens is 170 g/mol. The summed E-state index contributed by atoms with van der Waals surface area (Å²) in [7, 11) is 3.54. The van der Waals surface area contributed by atoms with Crippen molar-refractivity contribution in [2.45, 2.75) is 19.9 Å². The Bertz CT molecular complexity index is 161. The Morgan fingerprint density at radius 1 is 1.54 bits per heavy atom. The third-order valence-electron chi connectivity index (χ3n) is 2.46. The summed E-state index contributed by atoms with van der Waals surface area (Å²) in [4.78, 5) is 12.6. The maximum Gasteiger partial charge on any atom is 0.307 e. The number of likely N-dealkylation sites (N-methyl/N-ethyl adjacent to an activating group) is 1. The fraction of sp³-hybridized carbons (Fsp3) is 0.889. The molecule has 0 rings (SSSR count). The van der Waals surface area contributed by atoms with Crippen molar-refractivity contribution in [1.82, 2.24) is 4.90 Å². The van der Waals surface area contributed by atoms with Crippen molar-refractivity contribution in [2.24, 2.45) is 5.92 Å². The zero-order valence-corrected chi connectivity index (χ0v) is 8.78. The van der Waals surface area contributed by atoms with Crippen LogP contribution in [-0.4, -0.2) is 49.3 Å². The highest BCUT2D eigenvalue weighted by Crippen LogP contribution is 2.08. The molecule has 0 aliphatic carbocycles. The normalized spacial score (nSPS) is 15.8. The summed E-state index contributed by atoms with van der Waals surface area (Å²) in [5.74, 6) is -1.10. The highest BCUT2D eigenvalue weighted by Gasteiger charge is 2.22. The number of ether oxygens (including phenoxy) is 1. The average molecular weight is 189 g/mol. The smallest absolute Gasteiger partial charge is 0.307 e. The van der Waals surface area contributed by atoms with Crippen molar-refractivity contribution >= 4 is 5.97 Å². The van der Waals surface area contributed by atoms with E-state index in [9.17, 15) is 4.79 Å². The third-order valence-corrected chi connectivity index (χ3v) is 2.46. The minimum atomic E-state index is -0.753. The van der Waals surface area contributed by atoms with Gasteiger partial charge in [0.05, 0.1) is 12.5 Å². The van der Waals surface area contributed by atoms with Gasteiger partial charge in [-0.15, -0.1) is 0 Å². The maximum absolute atomic E-state index is 10.7. The van der Waals surface area contributed by atoms with E-state index < -0.39 is 5.97 Å². The molecule has 0 radical (unpaired) electrons. The van der Waals surface area contributed by atoms with Crippen molar-refractivity contribution in [3.8, 4) is 0 Å². The Balaban J connectivity index is 3.93. The molecule has 2 unspecified atom stereocenters. The van der Waals surface area contributed by atoms with Crippen LogP contribution in [0.1, 0.15) is 13.8 Å². The van der Waals surface area contributed by atoms with Gasteiger partial charge in [0.15, 0.2) is 0 Å². The molecule has 78 valence electrons. The van der Waals surface area contributed by atoms with E-state index in [1.807, 2.05) is 18.9 Å². The number of hydrogen-bond acceptors (Lipinski definition) is 3. The van der Waals surface area contributed by atoms with E-state index in [1.165, 1.54) is 0 Å². The Kier molecular flexibility index (Phi) is 5.66. The number of aliphatic carboxylic acids is 1. The number of nitrogens with zero attached hydrogens (tertiary/aromatic N) is 1. The molecule has 0 saturated carbocycles. The molecule has 0 aliphatic rings. The van der Waals surface area contributed by atoms with E-state index in [4.69, 9.17) is 9.84 Å². The zero-order chi connectivity index (χ0) is 10.4. The molecule has 4 heteroatoms. The summed E-state index contributed by atoms with van der Waals surface area (Å²) >= 11 is 0. The Morgan fingerprint density at radius 2 is 2.08 bits per heavy atom. The lowest BCUT2D eigenvalue weighted by atomic mass is 10.0. The number of carboxylic acid groups (broad SMARTS) is 1. The van der Waals surface area contributed by atoms with Crippen LogP contribution in [0.4, 0.5) is 0 Å². The molecule has 1 N–H and O–H groups in total. The highest BCUT2D eigenvalue weighted by atomic mass is 16.5. The van der Waals surface area contributed by atoms with Crippen LogP contribution in [0.25, 0.3) is 0 Å².